The maximum Gasteiger partial charge on any atom is 0.251 e. The SMILES string of the molecule is CCNC(=O)c1ccc(NCc2ccn[nH]2)cc1. The van der Waals surface area contributed by atoms with Crippen molar-refractivity contribution in [2.24, 2.45) is 0 Å². The summed E-state index contributed by atoms with van der Waals surface area (Å²) in [6.07, 6.45) is 1.72. The van der Waals surface area contributed by atoms with Gasteiger partial charge in [0.2, 0.25) is 0 Å². The highest BCUT2D eigenvalue weighted by Gasteiger charge is 2.03. The lowest BCUT2D eigenvalue weighted by molar-refractivity contribution is 0.0956. The number of anilines is 1. The summed E-state index contributed by atoms with van der Waals surface area (Å²) in [6, 6.07) is 9.30. The van der Waals surface area contributed by atoms with Gasteiger partial charge in [0.05, 0.1) is 12.2 Å². The van der Waals surface area contributed by atoms with E-state index in [0.29, 0.717) is 18.7 Å². The van der Waals surface area contributed by atoms with Crippen molar-refractivity contribution in [1.82, 2.24) is 15.5 Å². The van der Waals surface area contributed by atoms with Crippen LogP contribution in [0.15, 0.2) is 36.5 Å². The van der Waals surface area contributed by atoms with Crippen molar-refractivity contribution in [3.63, 3.8) is 0 Å². The monoisotopic (exact) mass is 244 g/mol. The lowest BCUT2D eigenvalue weighted by atomic mass is 10.2. The molecule has 0 saturated heterocycles. The number of hydrogen-bond donors (Lipinski definition) is 3. The minimum Gasteiger partial charge on any atom is -0.379 e. The number of hydrogen-bond acceptors (Lipinski definition) is 3. The number of amides is 1. The van der Waals surface area contributed by atoms with Crippen LogP contribution in [0, 0.1) is 0 Å². The number of benzene rings is 1. The first-order valence-corrected chi connectivity index (χ1v) is 5.90. The van der Waals surface area contributed by atoms with Gasteiger partial charge in [0.1, 0.15) is 0 Å². The smallest absolute Gasteiger partial charge is 0.251 e. The van der Waals surface area contributed by atoms with E-state index in [-0.39, 0.29) is 5.91 Å². The van der Waals surface area contributed by atoms with E-state index in [1.165, 1.54) is 0 Å². The molecule has 0 saturated carbocycles. The molecule has 2 aromatic rings. The lowest BCUT2D eigenvalue weighted by Gasteiger charge is -2.06. The topological polar surface area (TPSA) is 69.8 Å². The van der Waals surface area contributed by atoms with Crippen LogP contribution in [0.1, 0.15) is 23.0 Å². The zero-order valence-electron chi connectivity index (χ0n) is 10.2. The molecule has 3 N–H and O–H groups in total. The Morgan fingerprint density at radius 2 is 2.06 bits per heavy atom. The van der Waals surface area contributed by atoms with Gasteiger partial charge in [0.15, 0.2) is 0 Å². The summed E-state index contributed by atoms with van der Waals surface area (Å²) in [6.45, 7) is 3.22. The molecule has 0 fully saturated rings. The lowest BCUT2D eigenvalue weighted by Crippen LogP contribution is -2.22. The van der Waals surface area contributed by atoms with Crippen LogP contribution in [0.3, 0.4) is 0 Å². The summed E-state index contributed by atoms with van der Waals surface area (Å²) in [5.41, 5.74) is 2.66. The molecule has 1 heterocycles. The zero-order chi connectivity index (χ0) is 12.8. The molecule has 0 spiro atoms. The first-order chi connectivity index (χ1) is 8.79. The van der Waals surface area contributed by atoms with Gasteiger partial charge in [-0.25, -0.2) is 0 Å². The minimum absolute atomic E-state index is 0.0439. The Labute approximate surface area is 106 Å². The van der Waals surface area contributed by atoms with Gasteiger partial charge in [0, 0.05) is 24.0 Å². The van der Waals surface area contributed by atoms with Crippen LogP contribution in [-0.2, 0) is 6.54 Å². The molecule has 0 aliphatic carbocycles. The second-order valence-corrected chi connectivity index (χ2v) is 3.87. The van der Waals surface area contributed by atoms with Crippen molar-refractivity contribution in [2.75, 3.05) is 11.9 Å². The third-order valence-electron chi connectivity index (χ3n) is 2.53. The summed E-state index contributed by atoms with van der Waals surface area (Å²) in [5, 5.41) is 12.8. The summed E-state index contributed by atoms with van der Waals surface area (Å²) in [7, 11) is 0. The van der Waals surface area contributed by atoms with Crippen molar-refractivity contribution in [3.05, 3.63) is 47.8 Å². The van der Waals surface area contributed by atoms with Crippen LogP contribution >= 0.6 is 0 Å². The second kappa shape index (κ2) is 5.86. The van der Waals surface area contributed by atoms with Crippen molar-refractivity contribution in [2.45, 2.75) is 13.5 Å². The predicted molar refractivity (Wildman–Crippen MR) is 70.4 cm³/mol. The van der Waals surface area contributed by atoms with E-state index in [1.807, 2.05) is 25.1 Å². The summed E-state index contributed by atoms with van der Waals surface area (Å²) >= 11 is 0. The van der Waals surface area contributed by atoms with Crippen LogP contribution in [0.25, 0.3) is 0 Å². The fraction of sp³-hybridized carbons (Fsp3) is 0.231. The Morgan fingerprint density at radius 3 is 2.67 bits per heavy atom. The van der Waals surface area contributed by atoms with E-state index in [9.17, 15) is 4.79 Å². The van der Waals surface area contributed by atoms with E-state index >= 15 is 0 Å². The number of aromatic amines is 1. The molecule has 0 radical (unpaired) electrons. The quantitative estimate of drug-likeness (QED) is 0.750. The van der Waals surface area contributed by atoms with Gasteiger partial charge in [-0.1, -0.05) is 0 Å². The standard InChI is InChI=1S/C13H16N4O/c1-2-14-13(18)10-3-5-11(6-4-10)15-9-12-7-8-16-17-12/h3-8,15H,2,9H2,1H3,(H,14,18)(H,16,17). The third kappa shape index (κ3) is 3.10. The van der Waals surface area contributed by atoms with Gasteiger partial charge in [-0.05, 0) is 37.3 Å². The summed E-state index contributed by atoms with van der Waals surface area (Å²) in [5.74, 6) is -0.0439. The van der Waals surface area contributed by atoms with E-state index in [2.05, 4.69) is 20.8 Å². The first kappa shape index (κ1) is 12.2. The van der Waals surface area contributed by atoms with Crippen molar-refractivity contribution < 1.29 is 4.79 Å². The normalized spacial score (nSPS) is 10.1. The molecule has 2 rings (SSSR count). The van der Waals surface area contributed by atoms with E-state index in [0.717, 1.165) is 11.4 Å². The summed E-state index contributed by atoms with van der Waals surface area (Å²) in [4.78, 5) is 11.6. The maximum atomic E-state index is 11.6. The fourth-order valence-electron chi connectivity index (χ4n) is 1.58. The van der Waals surface area contributed by atoms with E-state index < -0.39 is 0 Å². The summed E-state index contributed by atoms with van der Waals surface area (Å²) < 4.78 is 0. The highest BCUT2D eigenvalue weighted by molar-refractivity contribution is 5.94. The molecular formula is C13H16N4O. The number of aromatic nitrogens is 2. The molecule has 1 aromatic heterocycles. The molecule has 0 unspecified atom stereocenters. The average Bonchev–Trinajstić information content (AvgIpc) is 2.90. The molecule has 0 bridgehead atoms. The minimum atomic E-state index is -0.0439. The zero-order valence-corrected chi connectivity index (χ0v) is 10.2. The van der Waals surface area contributed by atoms with Gasteiger partial charge in [0.25, 0.3) is 5.91 Å². The molecule has 1 amide bonds. The van der Waals surface area contributed by atoms with Gasteiger partial charge in [-0.3, -0.25) is 9.89 Å². The molecule has 0 aliphatic rings. The van der Waals surface area contributed by atoms with Gasteiger partial charge in [-0.15, -0.1) is 0 Å². The molecule has 1 aromatic carbocycles. The van der Waals surface area contributed by atoms with Crippen molar-refractivity contribution in [1.29, 1.82) is 0 Å². The van der Waals surface area contributed by atoms with Gasteiger partial charge >= 0.3 is 0 Å². The molecule has 0 atom stereocenters. The van der Waals surface area contributed by atoms with Crippen LogP contribution in [0.2, 0.25) is 0 Å². The van der Waals surface area contributed by atoms with Crippen molar-refractivity contribution >= 4 is 11.6 Å². The number of nitrogens with one attached hydrogen (secondary N) is 3. The first-order valence-electron chi connectivity index (χ1n) is 5.90. The Hall–Kier alpha value is -2.30. The third-order valence-corrected chi connectivity index (χ3v) is 2.53. The molecule has 94 valence electrons. The molecule has 5 nitrogen and oxygen atoms in total. The Morgan fingerprint density at radius 1 is 1.28 bits per heavy atom. The average molecular weight is 244 g/mol. The number of carbonyl (C=O) groups is 1. The van der Waals surface area contributed by atoms with Gasteiger partial charge < -0.3 is 10.6 Å². The molecule has 18 heavy (non-hydrogen) atoms. The number of rotatable bonds is 5. The predicted octanol–water partition coefficient (Wildman–Crippen LogP) is 1.77. The van der Waals surface area contributed by atoms with E-state index in [4.69, 9.17) is 0 Å². The highest BCUT2D eigenvalue weighted by atomic mass is 16.1. The van der Waals surface area contributed by atoms with E-state index in [1.54, 1.807) is 18.3 Å². The Bertz CT molecular complexity index is 490. The Kier molecular flexibility index (Phi) is 3.96. The van der Waals surface area contributed by atoms with Crippen molar-refractivity contribution in [3.8, 4) is 0 Å². The largest absolute Gasteiger partial charge is 0.379 e. The fourth-order valence-corrected chi connectivity index (χ4v) is 1.58. The highest BCUT2D eigenvalue weighted by Crippen LogP contribution is 2.10. The van der Waals surface area contributed by atoms with Crippen LogP contribution in [0.4, 0.5) is 5.69 Å². The second-order valence-electron chi connectivity index (χ2n) is 3.87. The van der Waals surface area contributed by atoms with Gasteiger partial charge in [-0.2, -0.15) is 5.10 Å². The molecule has 0 aliphatic heterocycles. The molecular weight excluding hydrogens is 228 g/mol. The van der Waals surface area contributed by atoms with Crippen LogP contribution < -0.4 is 10.6 Å². The van der Waals surface area contributed by atoms with Crippen LogP contribution in [-0.4, -0.2) is 22.6 Å². The maximum absolute atomic E-state index is 11.6. The Balaban J connectivity index is 1.93. The van der Waals surface area contributed by atoms with Crippen LogP contribution in [0.5, 0.6) is 0 Å². The number of carbonyl (C=O) groups excluding carboxylic acids is 1. The number of nitrogens with zero attached hydrogens (tertiary/aromatic N) is 1. The molecule has 5 heteroatoms. The number of H-pyrrole nitrogens is 1.